The zero-order valence-corrected chi connectivity index (χ0v) is 19.1. The van der Waals surface area contributed by atoms with Gasteiger partial charge in [-0.1, -0.05) is 27.9 Å². The van der Waals surface area contributed by atoms with E-state index in [1.165, 1.54) is 24.3 Å². The molecule has 0 aliphatic carbocycles. The van der Waals surface area contributed by atoms with Crippen molar-refractivity contribution in [1.29, 1.82) is 0 Å². The third-order valence-corrected chi connectivity index (χ3v) is 7.60. The van der Waals surface area contributed by atoms with Crippen LogP contribution in [0, 0.1) is 0 Å². The van der Waals surface area contributed by atoms with Gasteiger partial charge < -0.3 is 15.5 Å². The van der Waals surface area contributed by atoms with Gasteiger partial charge in [0, 0.05) is 48.0 Å². The molecule has 2 aromatic rings. The maximum absolute atomic E-state index is 11.8. The molecule has 2 aliphatic rings. The van der Waals surface area contributed by atoms with Crippen LogP contribution in [0.15, 0.2) is 22.8 Å². The maximum atomic E-state index is 11.8. The molecule has 2 aliphatic heterocycles. The Hall–Kier alpha value is -1.06. The van der Waals surface area contributed by atoms with Crippen molar-refractivity contribution in [2.45, 2.75) is 25.2 Å². The number of ether oxygens (including phenoxy) is 1. The molecular weight excluding hydrogens is 452 g/mol. The molecule has 29 heavy (non-hydrogen) atoms. The van der Waals surface area contributed by atoms with Gasteiger partial charge in [-0.05, 0) is 49.4 Å². The first kappa shape index (κ1) is 21.2. The van der Waals surface area contributed by atoms with Crippen molar-refractivity contribution >= 4 is 44.7 Å². The summed E-state index contributed by atoms with van der Waals surface area (Å²) in [6.07, 6.45) is 5.58. The van der Waals surface area contributed by atoms with Crippen molar-refractivity contribution < 1.29 is 9.53 Å². The first-order chi connectivity index (χ1) is 14.1. The first-order valence-electron chi connectivity index (χ1n) is 10.4. The molecule has 8 heteroatoms. The number of carbonyl (C=O) groups excluding carboxylic acids is 1. The van der Waals surface area contributed by atoms with Gasteiger partial charge in [0.05, 0.1) is 24.3 Å². The van der Waals surface area contributed by atoms with Crippen LogP contribution in [0.5, 0.6) is 0 Å². The molecule has 0 atom stereocenters. The summed E-state index contributed by atoms with van der Waals surface area (Å²) >= 11 is 5.52. The number of nitrogens with one attached hydrogen (secondary N) is 1. The number of nitrogens with two attached hydrogens (primary N) is 1. The third-order valence-electron chi connectivity index (χ3n) is 5.94. The number of hydrogen-bond donors (Lipinski definition) is 2. The van der Waals surface area contributed by atoms with Crippen molar-refractivity contribution in [3.8, 4) is 0 Å². The number of aromatic nitrogens is 1. The van der Waals surface area contributed by atoms with Crippen molar-refractivity contribution in [3.63, 3.8) is 0 Å². The maximum Gasteiger partial charge on any atom is 0.250 e. The molecule has 2 saturated heterocycles. The SMILES string of the molecule is NC(=O)c1cc(Br)cc2c(C3CCN(SCCCN4CCOCC4)CC3)c[nH]c12. The molecule has 3 heterocycles. The number of amides is 1. The van der Waals surface area contributed by atoms with Crippen LogP contribution in [0.2, 0.25) is 0 Å². The van der Waals surface area contributed by atoms with Crippen LogP contribution >= 0.6 is 27.9 Å². The first-order valence-corrected chi connectivity index (χ1v) is 12.1. The summed E-state index contributed by atoms with van der Waals surface area (Å²) in [6.45, 7) is 7.31. The van der Waals surface area contributed by atoms with E-state index in [1.807, 2.05) is 11.9 Å². The number of primary amides is 1. The highest BCUT2D eigenvalue weighted by Gasteiger charge is 2.24. The fraction of sp³-hybridized carbons (Fsp3) is 0.571. The average Bonchev–Trinajstić information content (AvgIpc) is 3.15. The molecule has 4 rings (SSSR count). The van der Waals surface area contributed by atoms with Crippen LogP contribution < -0.4 is 5.73 Å². The minimum atomic E-state index is -0.395. The van der Waals surface area contributed by atoms with E-state index in [4.69, 9.17) is 10.5 Å². The van der Waals surface area contributed by atoms with E-state index in [1.54, 1.807) is 6.07 Å². The summed E-state index contributed by atoms with van der Waals surface area (Å²) in [4.78, 5) is 17.6. The Kier molecular flexibility index (Phi) is 7.18. The Morgan fingerprint density at radius 1 is 1.24 bits per heavy atom. The highest BCUT2D eigenvalue weighted by atomic mass is 79.9. The van der Waals surface area contributed by atoms with Crippen molar-refractivity contribution in [1.82, 2.24) is 14.2 Å². The molecule has 0 bridgehead atoms. The van der Waals surface area contributed by atoms with Gasteiger partial charge in [0.2, 0.25) is 0 Å². The van der Waals surface area contributed by atoms with Crippen LogP contribution in [0.3, 0.4) is 0 Å². The molecule has 0 saturated carbocycles. The lowest BCUT2D eigenvalue weighted by atomic mass is 9.89. The lowest BCUT2D eigenvalue weighted by Gasteiger charge is -2.31. The minimum absolute atomic E-state index is 0.395. The largest absolute Gasteiger partial charge is 0.379 e. The number of fused-ring (bicyclic) bond motifs is 1. The quantitative estimate of drug-likeness (QED) is 0.467. The molecule has 1 aromatic heterocycles. The Morgan fingerprint density at radius 2 is 2.00 bits per heavy atom. The van der Waals surface area contributed by atoms with Gasteiger partial charge in [-0.15, -0.1) is 0 Å². The second kappa shape index (κ2) is 9.83. The van der Waals surface area contributed by atoms with E-state index in [0.29, 0.717) is 11.5 Å². The number of H-pyrrole nitrogens is 1. The monoisotopic (exact) mass is 480 g/mol. The Bertz CT molecular complexity index is 845. The van der Waals surface area contributed by atoms with Crippen LogP contribution in [-0.4, -0.2) is 71.8 Å². The highest BCUT2D eigenvalue weighted by molar-refractivity contribution is 9.10. The lowest BCUT2D eigenvalue weighted by Crippen LogP contribution is -2.37. The standard InChI is InChI=1S/C21H29BrN4O2S/c22-16-12-17-19(14-24-20(17)18(13-16)21(23)27)15-2-5-26(6-3-15)29-11-1-4-25-7-9-28-10-8-25/h12-15,24H,1-11H2,(H2,23,27). The normalized spacial score (nSPS) is 19.8. The molecule has 0 spiro atoms. The van der Waals surface area contributed by atoms with Gasteiger partial charge in [0.1, 0.15) is 0 Å². The van der Waals surface area contributed by atoms with Gasteiger partial charge in [0.15, 0.2) is 0 Å². The Balaban J connectivity index is 1.29. The number of piperidine rings is 1. The molecule has 0 radical (unpaired) electrons. The number of rotatable bonds is 7. The molecule has 158 valence electrons. The molecule has 6 nitrogen and oxygen atoms in total. The van der Waals surface area contributed by atoms with Crippen LogP contribution in [0.4, 0.5) is 0 Å². The summed E-state index contributed by atoms with van der Waals surface area (Å²) in [5.41, 5.74) is 8.27. The molecular formula is C21H29BrN4O2S. The summed E-state index contributed by atoms with van der Waals surface area (Å²) in [5, 5.41) is 1.12. The van der Waals surface area contributed by atoms with Gasteiger partial charge in [0.25, 0.3) is 5.91 Å². The zero-order valence-electron chi connectivity index (χ0n) is 16.7. The number of benzene rings is 1. The van der Waals surface area contributed by atoms with E-state index in [2.05, 4.69) is 42.4 Å². The Labute approximate surface area is 184 Å². The number of aromatic amines is 1. The number of carbonyl (C=O) groups is 1. The smallest absolute Gasteiger partial charge is 0.250 e. The summed E-state index contributed by atoms with van der Waals surface area (Å²) in [7, 11) is 0. The van der Waals surface area contributed by atoms with Gasteiger partial charge in [-0.25, -0.2) is 0 Å². The average molecular weight is 481 g/mol. The van der Waals surface area contributed by atoms with Gasteiger partial charge in [-0.2, -0.15) is 0 Å². The highest BCUT2D eigenvalue weighted by Crippen LogP contribution is 2.36. The van der Waals surface area contributed by atoms with Crippen molar-refractivity contribution in [3.05, 3.63) is 33.9 Å². The third kappa shape index (κ3) is 5.17. The van der Waals surface area contributed by atoms with Gasteiger partial charge in [-0.3, -0.25) is 14.0 Å². The molecule has 1 aromatic carbocycles. The second-order valence-electron chi connectivity index (χ2n) is 7.83. The van der Waals surface area contributed by atoms with Gasteiger partial charge >= 0.3 is 0 Å². The van der Waals surface area contributed by atoms with E-state index in [-0.39, 0.29) is 0 Å². The number of nitrogens with zero attached hydrogens (tertiary/aromatic N) is 2. The second-order valence-corrected chi connectivity index (χ2v) is 9.93. The number of morpholine rings is 1. The Morgan fingerprint density at radius 3 is 2.72 bits per heavy atom. The van der Waals surface area contributed by atoms with E-state index in [9.17, 15) is 4.79 Å². The number of hydrogen-bond acceptors (Lipinski definition) is 5. The lowest BCUT2D eigenvalue weighted by molar-refractivity contribution is 0.0381. The predicted octanol–water partition coefficient (Wildman–Crippen LogP) is 3.58. The summed E-state index contributed by atoms with van der Waals surface area (Å²) in [6, 6.07) is 3.89. The number of halogens is 1. The topological polar surface area (TPSA) is 74.6 Å². The van der Waals surface area contributed by atoms with E-state index in [0.717, 1.165) is 67.6 Å². The van der Waals surface area contributed by atoms with Crippen LogP contribution in [-0.2, 0) is 4.74 Å². The van der Waals surface area contributed by atoms with E-state index >= 15 is 0 Å². The van der Waals surface area contributed by atoms with Crippen molar-refractivity contribution in [2.75, 3.05) is 51.7 Å². The molecule has 3 N–H and O–H groups in total. The molecule has 2 fully saturated rings. The molecule has 0 unspecified atom stereocenters. The minimum Gasteiger partial charge on any atom is -0.379 e. The summed E-state index contributed by atoms with van der Waals surface area (Å²) in [5.74, 6) is 1.31. The predicted molar refractivity (Wildman–Crippen MR) is 122 cm³/mol. The fourth-order valence-corrected chi connectivity index (χ4v) is 5.80. The zero-order chi connectivity index (χ0) is 20.2. The fourth-order valence-electron chi connectivity index (χ4n) is 4.35. The van der Waals surface area contributed by atoms with Crippen LogP contribution in [0.25, 0.3) is 10.9 Å². The van der Waals surface area contributed by atoms with Crippen LogP contribution in [0.1, 0.15) is 41.1 Å². The van der Waals surface area contributed by atoms with E-state index < -0.39 is 5.91 Å². The summed E-state index contributed by atoms with van der Waals surface area (Å²) < 4.78 is 8.83. The van der Waals surface area contributed by atoms with Crippen molar-refractivity contribution in [2.24, 2.45) is 5.73 Å². The molecule has 1 amide bonds.